The van der Waals surface area contributed by atoms with Gasteiger partial charge in [-0.25, -0.2) is 4.79 Å². The van der Waals surface area contributed by atoms with Crippen molar-refractivity contribution in [3.05, 3.63) is 27.7 Å². The Morgan fingerprint density at radius 2 is 1.72 bits per heavy atom. The quantitative estimate of drug-likeness (QED) is 0.744. The predicted octanol–water partition coefficient (Wildman–Crippen LogP) is 2.17. The van der Waals surface area contributed by atoms with Gasteiger partial charge < -0.3 is 16.2 Å². The van der Waals surface area contributed by atoms with Crippen molar-refractivity contribution < 1.29 is 14.7 Å². The van der Waals surface area contributed by atoms with Crippen LogP contribution in [0.15, 0.2) is 12.1 Å². The van der Waals surface area contributed by atoms with Crippen molar-refractivity contribution in [1.82, 2.24) is 5.32 Å². The van der Waals surface area contributed by atoms with Gasteiger partial charge >= 0.3 is 5.97 Å². The number of carboxylic acid groups (broad SMARTS) is 1. The minimum absolute atomic E-state index is 0.140. The van der Waals surface area contributed by atoms with E-state index in [4.69, 9.17) is 34.0 Å². The van der Waals surface area contributed by atoms with Crippen LogP contribution < -0.4 is 11.1 Å². The maximum absolute atomic E-state index is 11.8. The number of nitrogens with one attached hydrogen (secondary N) is 1. The molecule has 0 aliphatic rings. The van der Waals surface area contributed by atoms with Crippen molar-refractivity contribution in [3.63, 3.8) is 0 Å². The van der Waals surface area contributed by atoms with E-state index >= 15 is 0 Å². The third-order valence-electron chi connectivity index (χ3n) is 2.30. The molecule has 0 atom stereocenters. The molecule has 0 fully saturated rings. The zero-order valence-corrected chi connectivity index (χ0v) is 11.3. The van der Waals surface area contributed by atoms with Gasteiger partial charge in [-0.3, -0.25) is 4.79 Å². The average Bonchev–Trinajstić information content (AvgIpc) is 2.24. The molecular formula is C11H12Cl2N2O3. The summed E-state index contributed by atoms with van der Waals surface area (Å²) in [6, 6.07) is 2.66. The zero-order chi connectivity index (χ0) is 14.1. The number of halogens is 2. The molecule has 0 unspecified atom stereocenters. The van der Waals surface area contributed by atoms with Gasteiger partial charge in [0.2, 0.25) is 0 Å². The molecule has 1 aromatic carbocycles. The van der Waals surface area contributed by atoms with Gasteiger partial charge in [0.1, 0.15) is 5.54 Å². The summed E-state index contributed by atoms with van der Waals surface area (Å²) >= 11 is 11.6. The van der Waals surface area contributed by atoms with Crippen molar-refractivity contribution in [2.45, 2.75) is 19.4 Å². The summed E-state index contributed by atoms with van der Waals surface area (Å²) in [4.78, 5) is 22.7. The molecular weight excluding hydrogens is 279 g/mol. The smallest absolute Gasteiger partial charge is 0.328 e. The van der Waals surface area contributed by atoms with Crippen molar-refractivity contribution in [2.75, 3.05) is 5.73 Å². The first-order valence-electron chi connectivity index (χ1n) is 4.95. The Labute approximate surface area is 114 Å². The number of nitrogen functional groups attached to an aromatic ring is 1. The fourth-order valence-electron chi connectivity index (χ4n) is 1.12. The van der Waals surface area contributed by atoms with Gasteiger partial charge in [-0.2, -0.15) is 0 Å². The molecule has 1 rings (SSSR count). The molecule has 0 aromatic heterocycles. The molecule has 4 N–H and O–H groups in total. The van der Waals surface area contributed by atoms with Crippen LogP contribution in [0.4, 0.5) is 5.69 Å². The van der Waals surface area contributed by atoms with Crippen molar-refractivity contribution >= 4 is 40.8 Å². The summed E-state index contributed by atoms with van der Waals surface area (Å²) < 4.78 is 0. The van der Waals surface area contributed by atoms with E-state index in [-0.39, 0.29) is 21.3 Å². The normalized spacial score (nSPS) is 11.1. The SMILES string of the molecule is CC(C)(NC(=O)c1cc(Cl)c(N)c(Cl)c1)C(=O)O. The number of nitrogens with two attached hydrogens (primary N) is 1. The standard InChI is InChI=1S/C11H12Cl2N2O3/c1-11(2,10(17)18)15-9(16)5-3-6(12)8(14)7(13)4-5/h3-4H,14H2,1-2H3,(H,15,16)(H,17,18). The molecule has 0 heterocycles. The average molecular weight is 291 g/mol. The molecule has 0 aliphatic heterocycles. The molecule has 0 saturated carbocycles. The van der Waals surface area contributed by atoms with Crippen molar-refractivity contribution in [2.24, 2.45) is 0 Å². The van der Waals surface area contributed by atoms with Gasteiger partial charge in [-0.15, -0.1) is 0 Å². The number of carbonyl (C=O) groups excluding carboxylic acids is 1. The first-order chi connectivity index (χ1) is 8.15. The number of benzene rings is 1. The number of aliphatic carboxylic acids is 1. The van der Waals surface area contributed by atoms with Gasteiger partial charge in [-0.05, 0) is 26.0 Å². The van der Waals surface area contributed by atoms with E-state index in [0.717, 1.165) is 0 Å². The van der Waals surface area contributed by atoms with E-state index in [1.54, 1.807) is 0 Å². The van der Waals surface area contributed by atoms with E-state index in [1.165, 1.54) is 26.0 Å². The van der Waals surface area contributed by atoms with Crippen LogP contribution in [0.5, 0.6) is 0 Å². The first-order valence-corrected chi connectivity index (χ1v) is 5.71. The molecule has 1 aromatic rings. The van der Waals surface area contributed by atoms with Gasteiger partial charge in [0, 0.05) is 5.56 Å². The minimum atomic E-state index is -1.39. The van der Waals surface area contributed by atoms with Crippen LogP contribution in [0.1, 0.15) is 24.2 Å². The summed E-state index contributed by atoms with van der Waals surface area (Å²) in [5.74, 6) is -1.74. The summed E-state index contributed by atoms with van der Waals surface area (Å²) in [5.41, 5.74) is 4.47. The lowest BCUT2D eigenvalue weighted by atomic mass is 10.1. The zero-order valence-electron chi connectivity index (χ0n) is 9.75. The number of rotatable bonds is 3. The summed E-state index contributed by atoms with van der Waals surface area (Å²) in [6.45, 7) is 2.74. The molecule has 0 aliphatic carbocycles. The highest BCUT2D eigenvalue weighted by atomic mass is 35.5. The van der Waals surface area contributed by atoms with Gasteiger partial charge in [0.15, 0.2) is 0 Å². The number of carboxylic acids is 1. The highest BCUT2D eigenvalue weighted by Gasteiger charge is 2.29. The van der Waals surface area contributed by atoms with Crippen LogP contribution in [0.3, 0.4) is 0 Å². The Morgan fingerprint density at radius 3 is 2.11 bits per heavy atom. The molecule has 18 heavy (non-hydrogen) atoms. The Morgan fingerprint density at radius 1 is 1.28 bits per heavy atom. The van der Waals surface area contributed by atoms with Crippen LogP contribution >= 0.6 is 23.2 Å². The molecule has 0 spiro atoms. The van der Waals surface area contributed by atoms with Gasteiger partial charge in [-0.1, -0.05) is 23.2 Å². The maximum atomic E-state index is 11.8. The largest absolute Gasteiger partial charge is 0.480 e. The molecule has 1 amide bonds. The lowest BCUT2D eigenvalue weighted by molar-refractivity contribution is -0.143. The lowest BCUT2D eigenvalue weighted by Crippen LogP contribution is -2.49. The molecule has 0 bridgehead atoms. The highest BCUT2D eigenvalue weighted by molar-refractivity contribution is 6.39. The van der Waals surface area contributed by atoms with Crippen LogP contribution in [-0.4, -0.2) is 22.5 Å². The minimum Gasteiger partial charge on any atom is -0.480 e. The highest BCUT2D eigenvalue weighted by Crippen LogP contribution is 2.28. The Balaban J connectivity index is 3.03. The van der Waals surface area contributed by atoms with Gasteiger partial charge in [0.05, 0.1) is 15.7 Å². The number of carbonyl (C=O) groups is 2. The van der Waals surface area contributed by atoms with E-state index in [9.17, 15) is 9.59 Å². The summed E-state index contributed by atoms with van der Waals surface area (Å²) in [6.07, 6.45) is 0. The third kappa shape index (κ3) is 3.05. The fraction of sp³-hybridized carbons (Fsp3) is 0.273. The van der Waals surface area contributed by atoms with E-state index in [2.05, 4.69) is 5.32 Å². The molecule has 0 radical (unpaired) electrons. The van der Waals surface area contributed by atoms with E-state index in [0.29, 0.717) is 0 Å². The van der Waals surface area contributed by atoms with Crippen LogP contribution in [-0.2, 0) is 4.79 Å². The molecule has 98 valence electrons. The topological polar surface area (TPSA) is 92.4 Å². The maximum Gasteiger partial charge on any atom is 0.328 e. The van der Waals surface area contributed by atoms with E-state index in [1.807, 2.05) is 0 Å². The lowest BCUT2D eigenvalue weighted by Gasteiger charge is -2.21. The molecule has 7 heteroatoms. The number of anilines is 1. The van der Waals surface area contributed by atoms with Crippen molar-refractivity contribution in [1.29, 1.82) is 0 Å². The van der Waals surface area contributed by atoms with Crippen LogP contribution in [0, 0.1) is 0 Å². The molecule has 5 nitrogen and oxygen atoms in total. The Kier molecular flexibility index (Phi) is 4.09. The van der Waals surface area contributed by atoms with Gasteiger partial charge in [0.25, 0.3) is 5.91 Å². The monoisotopic (exact) mass is 290 g/mol. The second-order valence-electron chi connectivity index (χ2n) is 4.24. The second kappa shape index (κ2) is 5.04. The number of amides is 1. The fourth-order valence-corrected chi connectivity index (χ4v) is 1.61. The van der Waals surface area contributed by atoms with Crippen LogP contribution in [0.25, 0.3) is 0 Å². The second-order valence-corrected chi connectivity index (χ2v) is 5.05. The Hall–Kier alpha value is -1.46. The predicted molar refractivity (Wildman–Crippen MR) is 70.1 cm³/mol. The first kappa shape index (κ1) is 14.6. The third-order valence-corrected chi connectivity index (χ3v) is 2.93. The van der Waals surface area contributed by atoms with Crippen molar-refractivity contribution in [3.8, 4) is 0 Å². The summed E-state index contributed by atoms with van der Waals surface area (Å²) in [7, 11) is 0. The summed E-state index contributed by atoms with van der Waals surface area (Å²) in [5, 5.41) is 11.5. The Bertz CT molecular complexity index is 492. The number of hydrogen-bond acceptors (Lipinski definition) is 3. The number of hydrogen-bond donors (Lipinski definition) is 3. The van der Waals surface area contributed by atoms with E-state index < -0.39 is 17.4 Å². The van der Waals surface area contributed by atoms with Crippen LogP contribution in [0.2, 0.25) is 10.0 Å². The molecule has 0 saturated heterocycles.